The summed E-state index contributed by atoms with van der Waals surface area (Å²) in [6.45, 7) is 0.504. The molecule has 27 heavy (non-hydrogen) atoms. The SMILES string of the molecule is COc1ccc(C(=O)OC2CCN(C)C(=O)N2c2nnc(C3CC3)s2)cc1. The molecule has 2 heterocycles. The molecule has 2 aromatic rings. The lowest BCUT2D eigenvalue weighted by Crippen LogP contribution is -2.54. The molecule has 2 fully saturated rings. The number of benzene rings is 1. The number of methoxy groups -OCH3 is 1. The monoisotopic (exact) mass is 388 g/mol. The number of hydrogen-bond acceptors (Lipinski definition) is 7. The first-order valence-corrected chi connectivity index (χ1v) is 9.61. The average molecular weight is 388 g/mol. The van der Waals surface area contributed by atoms with Crippen molar-refractivity contribution in [3.8, 4) is 5.75 Å². The molecule has 1 saturated heterocycles. The summed E-state index contributed by atoms with van der Waals surface area (Å²) in [5.74, 6) is 0.621. The Bertz CT molecular complexity index is 849. The third-order valence-corrected chi connectivity index (χ3v) is 5.75. The van der Waals surface area contributed by atoms with E-state index in [1.165, 1.54) is 16.2 Å². The lowest BCUT2D eigenvalue weighted by Gasteiger charge is -2.37. The van der Waals surface area contributed by atoms with E-state index in [2.05, 4.69) is 10.2 Å². The normalized spacial score (nSPS) is 19.9. The van der Waals surface area contributed by atoms with Crippen LogP contribution in [0.1, 0.15) is 40.5 Å². The van der Waals surface area contributed by atoms with Crippen molar-refractivity contribution in [3.05, 3.63) is 34.8 Å². The minimum Gasteiger partial charge on any atom is -0.497 e. The van der Waals surface area contributed by atoms with E-state index in [4.69, 9.17) is 9.47 Å². The van der Waals surface area contributed by atoms with Gasteiger partial charge >= 0.3 is 12.0 Å². The maximum Gasteiger partial charge on any atom is 0.340 e. The van der Waals surface area contributed by atoms with E-state index in [-0.39, 0.29) is 6.03 Å². The van der Waals surface area contributed by atoms with Crippen LogP contribution in [0.15, 0.2) is 24.3 Å². The van der Waals surface area contributed by atoms with E-state index in [0.717, 1.165) is 17.8 Å². The van der Waals surface area contributed by atoms with Crippen molar-refractivity contribution >= 4 is 28.5 Å². The lowest BCUT2D eigenvalue weighted by molar-refractivity contribution is 0.0229. The highest BCUT2D eigenvalue weighted by molar-refractivity contribution is 7.15. The zero-order chi connectivity index (χ0) is 19.0. The Balaban J connectivity index is 1.54. The first-order chi connectivity index (χ1) is 13.1. The molecule has 0 bridgehead atoms. The van der Waals surface area contributed by atoms with Gasteiger partial charge in [0.15, 0.2) is 6.23 Å². The molecular weight excluding hydrogens is 368 g/mol. The number of rotatable bonds is 5. The molecule has 1 aromatic heterocycles. The number of ether oxygens (including phenoxy) is 2. The highest BCUT2D eigenvalue weighted by atomic mass is 32.1. The third-order valence-electron chi connectivity index (χ3n) is 4.66. The van der Waals surface area contributed by atoms with Gasteiger partial charge in [0.25, 0.3) is 0 Å². The van der Waals surface area contributed by atoms with Crippen LogP contribution in [0.3, 0.4) is 0 Å². The number of esters is 1. The van der Waals surface area contributed by atoms with Crippen molar-refractivity contribution < 1.29 is 19.1 Å². The predicted molar refractivity (Wildman–Crippen MR) is 99.2 cm³/mol. The van der Waals surface area contributed by atoms with E-state index in [9.17, 15) is 9.59 Å². The van der Waals surface area contributed by atoms with Crippen molar-refractivity contribution in [1.29, 1.82) is 0 Å². The number of hydrogen-bond donors (Lipinski definition) is 0. The molecule has 2 amide bonds. The zero-order valence-corrected chi connectivity index (χ0v) is 15.9. The summed E-state index contributed by atoms with van der Waals surface area (Å²) in [6, 6.07) is 6.42. The highest BCUT2D eigenvalue weighted by Gasteiger charge is 2.38. The van der Waals surface area contributed by atoms with Crippen LogP contribution in [0.5, 0.6) is 5.75 Å². The van der Waals surface area contributed by atoms with Crippen molar-refractivity contribution in [2.75, 3.05) is 25.6 Å². The topological polar surface area (TPSA) is 84.9 Å². The number of carbonyl (C=O) groups is 2. The second-order valence-corrected chi connectivity index (χ2v) is 7.64. The fourth-order valence-corrected chi connectivity index (χ4v) is 3.94. The Morgan fingerprint density at radius 2 is 1.93 bits per heavy atom. The van der Waals surface area contributed by atoms with Gasteiger partial charge in [-0.3, -0.25) is 0 Å². The van der Waals surface area contributed by atoms with E-state index in [0.29, 0.717) is 35.3 Å². The number of aromatic nitrogens is 2. The quantitative estimate of drug-likeness (QED) is 0.732. The molecule has 2 aliphatic rings. The van der Waals surface area contributed by atoms with Gasteiger partial charge in [-0.15, -0.1) is 10.2 Å². The minimum atomic E-state index is -0.705. The number of nitrogens with zero attached hydrogens (tertiary/aromatic N) is 4. The van der Waals surface area contributed by atoms with Crippen LogP contribution in [0.2, 0.25) is 0 Å². The molecule has 8 nitrogen and oxygen atoms in total. The molecule has 1 aromatic carbocycles. The van der Waals surface area contributed by atoms with Gasteiger partial charge in [-0.05, 0) is 37.1 Å². The number of urea groups is 1. The van der Waals surface area contributed by atoms with Gasteiger partial charge < -0.3 is 14.4 Å². The summed E-state index contributed by atoms with van der Waals surface area (Å²) >= 11 is 1.40. The Morgan fingerprint density at radius 3 is 2.59 bits per heavy atom. The van der Waals surface area contributed by atoms with Gasteiger partial charge in [0.2, 0.25) is 5.13 Å². The van der Waals surface area contributed by atoms with E-state index < -0.39 is 12.2 Å². The Hall–Kier alpha value is -2.68. The number of carbonyl (C=O) groups excluding carboxylic acids is 2. The van der Waals surface area contributed by atoms with Crippen LogP contribution in [-0.2, 0) is 4.74 Å². The lowest BCUT2D eigenvalue weighted by atomic mass is 10.2. The van der Waals surface area contributed by atoms with Crippen LogP contribution in [0.4, 0.5) is 9.93 Å². The summed E-state index contributed by atoms with van der Waals surface area (Å²) in [6.07, 6.45) is 2.02. The van der Waals surface area contributed by atoms with Gasteiger partial charge in [0.1, 0.15) is 10.8 Å². The Morgan fingerprint density at radius 1 is 1.19 bits per heavy atom. The van der Waals surface area contributed by atoms with Gasteiger partial charge in [0, 0.05) is 25.9 Å². The van der Waals surface area contributed by atoms with Crippen molar-refractivity contribution in [2.45, 2.75) is 31.4 Å². The van der Waals surface area contributed by atoms with Gasteiger partial charge in [-0.1, -0.05) is 11.3 Å². The summed E-state index contributed by atoms with van der Waals surface area (Å²) in [4.78, 5) is 28.3. The average Bonchev–Trinajstić information content (AvgIpc) is 3.43. The van der Waals surface area contributed by atoms with Crippen molar-refractivity contribution in [3.63, 3.8) is 0 Å². The molecule has 0 radical (unpaired) electrons. The molecular formula is C18H20N4O4S. The Labute approximate surface area is 160 Å². The summed E-state index contributed by atoms with van der Waals surface area (Å²) < 4.78 is 10.8. The fraction of sp³-hybridized carbons (Fsp3) is 0.444. The van der Waals surface area contributed by atoms with Gasteiger partial charge in [-0.2, -0.15) is 0 Å². The summed E-state index contributed by atoms with van der Waals surface area (Å²) in [5.41, 5.74) is 0.401. The smallest absolute Gasteiger partial charge is 0.340 e. The summed E-state index contributed by atoms with van der Waals surface area (Å²) in [5, 5.41) is 9.79. The largest absolute Gasteiger partial charge is 0.497 e. The van der Waals surface area contributed by atoms with Gasteiger partial charge in [-0.25, -0.2) is 14.5 Å². The highest BCUT2D eigenvalue weighted by Crippen LogP contribution is 2.43. The molecule has 142 valence electrons. The first kappa shape index (κ1) is 17.7. The zero-order valence-electron chi connectivity index (χ0n) is 15.1. The number of amides is 2. The third kappa shape index (κ3) is 3.59. The standard InChI is InChI=1S/C18H20N4O4S/c1-21-10-9-14(26-16(23)12-5-7-13(25-2)8-6-12)22(18(21)24)17-20-19-15(27-17)11-3-4-11/h5-8,11,14H,3-4,9-10H2,1-2H3. The Kier molecular flexibility index (Phi) is 4.69. The van der Waals surface area contributed by atoms with Crippen LogP contribution in [-0.4, -0.2) is 54.0 Å². The minimum absolute atomic E-state index is 0.243. The maximum atomic E-state index is 12.7. The predicted octanol–water partition coefficient (Wildman–Crippen LogP) is 2.87. The van der Waals surface area contributed by atoms with E-state index in [1.807, 2.05) is 0 Å². The molecule has 1 saturated carbocycles. The molecule has 9 heteroatoms. The molecule has 4 rings (SSSR count). The summed E-state index contributed by atoms with van der Waals surface area (Å²) in [7, 11) is 3.28. The van der Waals surface area contributed by atoms with Crippen LogP contribution in [0, 0.1) is 0 Å². The van der Waals surface area contributed by atoms with E-state index in [1.54, 1.807) is 43.3 Å². The molecule has 1 aliphatic heterocycles. The molecule has 1 aliphatic carbocycles. The maximum absolute atomic E-state index is 12.7. The van der Waals surface area contributed by atoms with Crippen molar-refractivity contribution in [2.24, 2.45) is 0 Å². The molecule has 1 unspecified atom stereocenters. The molecule has 1 atom stereocenters. The second kappa shape index (κ2) is 7.15. The van der Waals surface area contributed by atoms with Crippen molar-refractivity contribution in [1.82, 2.24) is 15.1 Å². The van der Waals surface area contributed by atoms with E-state index >= 15 is 0 Å². The fourth-order valence-electron chi connectivity index (χ4n) is 2.89. The van der Waals surface area contributed by atoms with Crippen LogP contribution < -0.4 is 9.64 Å². The van der Waals surface area contributed by atoms with Crippen LogP contribution >= 0.6 is 11.3 Å². The van der Waals surface area contributed by atoms with Gasteiger partial charge in [0.05, 0.1) is 12.7 Å². The number of anilines is 1. The second-order valence-electron chi connectivity index (χ2n) is 6.65. The molecule has 0 spiro atoms. The first-order valence-electron chi connectivity index (χ1n) is 8.79. The van der Waals surface area contributed by atoms with Crippen LogP contribution in [0.25, 0.3) is 0 Å². The molecule has 0 N–H and O–H groups in total.